The molecule has 1 aromatic rings. The van der Waals surface area contributed by atoms with Crippen LogP contribution in [0.15, 0.2) is 18.2 Å². The van der Waals surface area contributed by atoms with Crippen LogP contribution in [0.1, 0.15) is 12.0 Å². The summed E-state index contributed by atoms with van der Waals surface area (Å²) in [6.45, 7) is 1.41. The van der Waals surface area contributed by atoms with E-state index in [0.29, 0.717) is 19.6 Å². The van der Waals surface area contributed by atoms with Crippen molar-refractivity contribution < 1.29 is 23.7 Å². The Bertz CT molecular complexity index is 504. The van der Waals surface area contributed by atoms with Crippen molar-refractivity contribution in [2.75, 3.05) is 20.4 Å². The average molecular weight is 279 g/mol. The van der Waals surface area contributed by atoms with Crippen LogP contribution in [0, 0.1) is 0 Å². The molecular weight excluding hydrogens is 262 g/mol. The van der Waals surface area contributed by atoms with Crippen LogP contribution < -0.4 is 14.8 Å². The van der Waals surface area contributed by atoms with Gasteiger partial charge in [0.2, 0.25) is 6.79 Å². The SMILES string of the molecule is COC(=O)[C@@H]1C[C@@H](OCc2ccc3c(c2)OCO3)CN1. The Morgan fingerprint density at radius 2 is 2.25 bits per heavy atom. The van der Waals surface area contributed by atoms with E-state index in [1.807, 2.05) is 18.2 Å². The molecule has 6 nitrogen and oxygen atoms in total. The Hall–Kier alpha value is -1.79. The molecule has 0 aromatic heterocycles. The number of carbonyl (C=O) groups excluding carboxylic acids is 1. The minimum atomic E-state index is -0.262. The zero-order chi connectivity index (χ0) is 13.9. The van der Waals surface area contributed by atoms with Crippen molar-refractivity contribution in [2.24, 2.45) is 0 Å². The third kappa shape index (κ3) is 2.71. The summed E-state index contributed by atoms with van der Waals surface area (Å²) >= 11 is 0. The Morgan fingerprint density at radius 1 is 1.40 bits per heavy atom. The van der Waals surface area contributed by atoms with Crippen molar-refractivity contribution in [1.82, 2.24) is 5.32 Å². The van der Waals surface area contributed by atoms with Crippen LogP contribution >= 0.6 is 0 Å². The summed E-state index contributed by atoms with van der Waals surface area (Å²) < 4.78 is 21.1. The summed E-state index contributed by atoms with van der Waals surface area (Å²) in [6.07, 6.45) is 0.654. The normalized spacial score (nSPS) is 23.9. The number of rotatable bonds is 4. The lowest BCUT2D eigenvalue weighted by Gasteiger charge is -2.11. The lowest BCUT2D eigenvalue weighted by Crippen LogP contribution is -2.31. The fourth-order valence-corrected chi connectivity index (χ4v) is 2.40. The number of fused-ring (bicyclic) bond motifs is 1. The van der Waals surface area contributed by atoms with Crippen LogP contribution in [0.5, 0.6) is 11.5 Å². The number of carbonyl (C=O) groups is 1. The largest absolute Gasteiger partial charge is 0.468 e. The first-order valence-electron chi connectivity index (χ1n) is 6.57. The third-order valence-corrected chi connectivity index (χ3v) is 3.50. The quantitative estimate of drug-likeness (QED) is 0.824. The molecule has 1 N–H and O–H groups in total. The van der Waals surface area contributed by atoms with E-state index in [2.05, 4.69) is 5.32 Å². The van der Waals surface area contributed by atoms with Crippen molar-refractivity contribution in [3.8, 4) is 11.5 Å². The monoisotopic (exact) mass is 279 g/mol. The molecule has 0 bridgehead atoms. The molecule has 0 unspecified atom stereocenters. The lowest BCUT2D eigenvalue weighted by molar-refractivity contribution is -0.142. The summed E-state index contributed by atoms with van der Waals surface area (Å²) in [5.41, 5.74) is 1.02. The summed E-state index contributed by atoms with van der Waals surface area (Å²) in [5, 5.41) is 3.09. The van der Waals surface area contributed by atoms with Crippen LogP contribution in [0.2, 0.25) is 0 Å². The first kappa shape index (κ1) is 13.2. The van der Waals surface area contributed by atoms with E-state index < -0.39 is 0 Å². The molecule has 1 fully saturated rings. The van der Waals surface area contributed by atoms with Gasteiger partial charge in [0.15, 0.2) is 11.5 Å². The van der Waals surface area contributed by atoms with Gasteiger partial charge in [0.25, 0.3) is 0 Å². The number of benzene rings is 1. The Morgan fingerprint density at radius 3 is 3.10 bits per heavy atom. The van der Waals surface area contributed by atoms with Crippen molar-refractivity contribution >= 4 is 5.97 Å². The number of nitrogens with one attached hydrogen (secondary N) is 1. The maximum atomic E-state index is 11.4. The van der Waals surface area contributed by atoms with E-state index in [9.17, 15) is 4.79 Å². The van der Waals surface area contributed by atoms with Crippen LogP contribution in [-0.4, -0.2) is 38.6 Å². The highest BCUT2D eigenvalue weighted by atomic mass is 16.7. The van der Waals surface area contributed by atoms with E-state index in [1.165, 1.54) is 7.11 Å². The highest BCUT2D eigenvalue weighted by Crippen LogP contribution is 2.32. The summed E-state index contributed by atoms with van der Waals surface area (Å²) in [7, 11) is 1.39. The molecular formula is C14H17NO5. The molecule has 6 heteroatoms. The number of hydrogen-bond acceptors (Lipinski definition) is 6. The van der Waals surface area contributed by atoms with Crippen LogP contribution in [-0.2, 0) is 20.9 Å². The lowest BCUT2D eigenvalue weighted by atomic mass is 10.2. The number of methoxy groups -OCH3 is 1. The van der Waals surface area contributed by atoms with Crippen LogP contribution in [0.4, 0.5) is 0 Å². The van der Waals surface area contributed by atoms with E-state index in [-0.39, 0.29) is 24.9 Å². The highest BCUT2D eigenvalue weighted by molar-refractivity contribution is 5.76. The molecule has 2 aliphatic rings. The van der Waals surface area contributed by atoms with Gasteiger partial charge in [-0.25, -0.2) is 0 Å². The van der Waals surface area contributed by atoms with Gasteiger partial charge in [-0.1, -0.05) is 6.07 Å². The predicted molar refractivity (Wildman–Crippen MR) is 69.6 cm³/mol. The van der Waals surface area contributed by atoms with Crippen molar-refractivity contribution in [3.63, 3.8) is 0 Å². The third-order valence-electron chi connectivity index (χ3n) is 3.50. The Kier molecular flexibility index (Phi) is 3.75. The Balaban J connectivity index is 1.52. The standard InChI is InChI=1S/C14H17NO5/c1-17-14(16)11-5-10(6-15-11)18-7-9-2-3-12-13(4-9)20-8-19-12/h2-4,10-11,15H,5-8H2,1H3/t10-,11+/m1/s1. The molecule has 3 rings (SSSR count). The van der Waals surface area contributed by atoms with Gasteiger partial charge in [0.05, 0.1) is 19.8 Å². The smallest absolute Gasteiger partial charge is 0.322 e. The van der Waals surface area contributed by atoms with Crippen molar-refractivity contribution in [2.45, 2.75) is 25.2 Å². The molecule has 0 radical (unpaired) electrons. The number of ether oxygens (including phenoxy) is 4. The van der Waals surface area contributed by atoms with Crippen LogP contribution in [0.25, 0.3) is 0 Å². The first-order chi connectivity index (χ1) is 9.76. The molecule has 0 amide bonds. The van der Waals surface area contributed by atoms with Gasteiger partial charge < -0.3 is 24.3 Å². The second kappa shape index (κ2) is 5.68. The molecule has 20 heavy (non-hydrogen) atoms. The highest BCUT2D eigenvalue weighted by Gasteiger charge is 2.30. The second-order valence-electron chi connectivity index (χ2n) is 4.84. The topological polar surface area (TPSA) is 66.0 Å². The van der Waals surface area contributed by atoms with Gasteiger partial charge in [-0.05, 0) is 17.7 Å². The minimum Gasteiger partial charge on any atom is -0.468 e. The molecule has 0 saturated carbocycles. The Labute approximate surface area is 117 Å². The second-order valence-corrected chi connectivity index (χ2v) is 4.84. The maximum absolute atomic E-state index is 11.4. The molecule has 1 saturated heterocycles. The minimum absolute atomic E-state index is 0.0181. The van der Waals surface area contributed by atoms with E-state index in [1.54, 1.807) is 0 Å². The van der Waals surface area contributed by atoms with Gasteiger partial charge in [0.1, 0.15) is 6.04 Å². The van der Waals surface area contributed by atoms with Gasteiger partial charge >= 0.3 is 5.97 Å². The molecule has 0 aliphatic carbocycles. The molecule has 2 heterocycles. The maximum Gasteiger partial charge on any atom is 0.322 e. The first-order valence-corrected chi connectivity index (χ1v) is 6.57. The van der Waals surface area contributed by atoms with Gasteiger partial charge in [0, 0.05) is 13.0 Å². The van der Waals surface area contributed by atoms with Gasteiger partial charge in [-0.3, -0.25) is 4.79 Å². The molecule has 1 aromatic carbocycles. The van der Waals surface area contributed by atoms with E-state index in [4.69, 9.17) is 18.9 Å². The van der Waals surface area contributed by atoms with Crippen molar-refractivity contribution in [1.29, 1.82) is 0 Å². The zero-order valence-corrected chi connectivity index (χ0v) is 11.3. The van der Waals surface area contributed by atoms with E-state index >= 15 is 0 Å². The molecule has 0 spiro atoms. The fraction of sp³-hybridized carbons (Fsp3) is 0.500. The fourth-order valence-electron chi connectivity index (χ4n) is 2.40. The van der Waals surface area contributed by atoms with Gasteiger partial charge in [-0.2, -0.15) is 0 Å². The molecule has 2 atom stereocenters. The average Bonchev–Trinajstić information content (AvgIpc) is 3.12. The molecule has 2 aliphatic heterocycles. The summed E-state index contributed by atoms with van der Waals surface area (Å²) in [5.74, 6) is 1.28. The van der Waals surface area contributed by atoms with Crippen molar-refractivity contribution in [3.05, 3.63) is 23.8 Å². The summed E-state index contributed by atoms with van der Waals surface area (Å²) in [4.78, 5) is 11.4. The summed E-state index contributed by atoms with van der Waals surface area (Å²) in [6, 6.07) is 5.49. The predicted octanol–water partition coefficient (Wildman–Crippen LogP) is 0.835. The van der Waals surface area contributed by atoms with Crippen LogP contribution in [0.3, 0.4) is 0 Å². The number of hydrogen-bond donors (Lipinski definition) is 1. The molecule has 108 valence electrons. The number of esters is 1. The zero-order valence-electron chi connectivity index (χ0n) is 11.3. The van der Waals surface area contributed by atoms with Gasteiger partial charge in [-0.15, -0.1) is 0 Å². The van der Waals surface area contributed by atoms with E-state index in [0.717, 1.165) is 17.1 Å².